The minimum atomic E-state index is -0.443. The number of rotatable bonds is 3. The second kappa shape index (κ2) is 5.74. The fourth-order valence-electron chi connectivity index (χ4n) is 1.86. The van der Waals surface area contributed by atoms with Gasteiger partial charge in [-0.05, 0) is 44.5 Å². The molecule has 0 aromatic heterocycles. The van der Waals surface area contributed by atoms with Gasteiger partial charge in [-0.3, -0.25) is 4.99 Å². The van der Waals surface area contributed by atoms with Crippen LogP contribution in [0.3, 0.4) is 0 Å². The highest BCUT2D eigenvalue weighted by molar-refractivity contribution is 5.63. The molecule has 0 spiro atoms. The summed E-state index contributed by atoms with van der Waals surface area (Å²) < 4.78 is 19.4. The minimum Gasteiger partial charge on any atom is -0.457 e. The van der Waals surface area contributed by atoms with Crippen LogP contribution in [0.15, 0.2) is 35.3 Å². The molecule has 0 unspecified atom stereocenters. The standard InChI is InChI=1S/C16H17FN2O/c1-4-19-14-9-12(6-5-10(14)2)20-15-8-7-13(18)16(17)11(15)3/h4-9H,18H2,1-3H3. The fourth-order valence-corrected chi connectivity index (χ4v) is 1.86. The summed E-state index contributed by atoms with van der Waals surface area (Å²) in [5, 5.41) is 0. The highest BCUT2D eigenvalue weighted by Crippen LogP contribution is 2.32. The molecular weight excluding hydrogens is 255 g/mol. The first-order valence-corrected chi connectivity index (χ1v) is 6.34. The van der Waals surface area contributed by atoms with Crippen LogP contribution in [0.4, 0.5) is 15.8 Å². The van der Waals surface area contributed by atoms with Crippen molar-refractivity contribution < 1.29 is 9.13 Å². The molecule has 2 aromatic carbocycles. The molecule has 0 atom stereocenters. The van der Waals surface area contributed by atoms with Crippen molar-refractivity contribution in [3.05, 3.63) is 47.3 Å². The highest BCUT2D eigenvalue weighted by atomic mass is 19.1. The molecule has 2 rings (SSSR count). The quantitative estimate of drug-likeness (QED) is 0.658. The van der Waals surface area contributed by atoms with Crippen molar-refractivity contribution in [2.45, 2.75) is 20.8 Å². The lowest BCUT2D eigenvalue weighted by atomic mass is 10.1. The Morgan fingerprint density at radius 1 is 1.20 bits per heavy atom. The fraction of sp³-hybridized carbons (Fsp3) is 0.188. The molecule has 0 aliphatic carbocycles. The first-order valence-electron chi connectivity index (χ1n) is 6.34. The van der Waals surface area contributed by atoms with Crippen LogP contribution in [0, 0.1) is 19.7 Å². The van der Waals surface area contributed by atoms with E-state index in [0.717, 1.165) is 11.3 Å². The van der Waals surface area contributed by atoms with E-state index in [2.05, 4.69) is 4.99 Å². The Kier molecular flexibility index (Phi) is 4.03. The van der Waals surface area contributed by atoms with E-state index in [0.29, 0.717) is 17.1 Å². The van der Waals surface area contributed by atoms with Crippen LogP contribution in [0.1, 0.15) is 18.1 Å². The third-order valence-electron chi connectivity index (χ3n) is 3.04. The van der Waals surface area contributed by atoms with Crippen LogP contribution in [-0.4, -0.2) is 6.21 Å². The Bertz CT molecular complexity index is 666. The van der Waals surface area contributed by atoms with Gasteiger partial charge in [0.25, 0.3) is 0 Å². The van der Waals surface area contributed by atoms with E-state index < -0.39 is 5.82 Å². The number of benzene rings is 2. The Balaban J connectivity index is 2.35. The summed E-state index contributed by atoms with van der Waals surface area (Å²) in [6, 6.07) is 8.73. The molecular formula is C16H17FN2O. The van der Waals surface area contributed by atoms with Gasteiger partial charge in [-0.25, -0.2) is 4.39 Å². The van der Waals surface area contributed by atoms with Crippen molar-refractivity contribution in [2.75, 3.05) is 5.73 Å². The van der Waals surface area contributed by atoms with Gasteiger partial charge in [0.05, 0.1) is 11.4 Å². The lowest BCUT2D eigenvalue weighted by Crippen LogP contribution is -1.96. The monoisotopic (exact) mass is 272 g/mol. The molecule has 3 nitrogen and oxygen atoms in total. The topological polar surface area (TPSA) is 47.6 Å². The second-order valence-electron chi connectivity index (χ2n) is 4.53. The van der Waals surface area contributed by atoms with Crippen molar-refractivity contribution in [3.8, 4) is 11.5 Å². The van der Waals surface area contributed by atoms with E-state index in [1.807, 2.05) is 32.0 Å². The molecule has 4 heteroatoms. The average molecular weight is 272 g/mol. The molecule has 0 saturated carbocycles. The third kappa shape index (κ3) is 2.79. The zero-order valence-electron chi connectivity index (χ0n) is 11.8. The summed E-state index contributed by atoms with van der Waals surface area (Å²) in [7, 11) is 0. The number of aliphatic imine (C=N–C) groups is 1. The SMILES string of the molecule is CC=Nc1cc(Oc2ccc(N)c(F)c2C)ccc1C. The lowest BCUT2D eigenvalue weighted by molar-refractivity contribution is 0.472. The van der Waals surface area contributed by atoms with Gasteiger partial charge in [-0.1, -0.05) is 6.07 Å². The number of hydrogen-bond acceptors (Lipinski definition) is 3. The molecule has 0 bridgehead atoms. The number of aryl methyl sites for hydroxylation is 1. The number of anilines is 1. The minimum absolute atomic E-state index is 0.120. The first kappa shape index (κ1) is 14.1. The van der Waals surface area contributed by atoms with Crippen molar-refractivity contribution in [1.82, 2.24) is 0 Å². The average Bonchev–Trinajstić information content (AvgIpc) is 2.43. The highest BCUT2D eigenvalue weighted by Gasteiger charge is 2.10. The number of nitrogen functional groups attached to an aromatic ring is 1. The van der Waals surface area contributed by atoms with Gasteiger partial charge < -0.3 is 10.5 Å². The molecule has 0 aliphatic rings. The van der Waals surface area contributed by atoms with E-state index in [4.69, 9.17) is 10.5 Å². The number of ether oxygens (including phenoxy) is 1. The van der Waals surface area contributed by atoms with E-state index in [1.165, 1.54) is 6.07 Å². The number of halogens is 1. The molecule has 0 saturated heterocycles. The second-order valence-corrected chi connectivity index (χ2v) is 4.53. The van der Waals surface area contributed by atoms with Crippen LogP contribution >= 0.6 is 0 Å². The maximum absolute atomic E-state index is 13.7. The van der Waals surface area contributed by atoms with E-state index in [9.17, 15) is 4.39 Å². The Morgan fingerprint density at radius 2 is 1.95 bits per heavy atom. The third-order valence-corrected chi connectivity index (χ3v) is 3.04. The van der Waals surface area contributed by atoms with Crippen molar-refractivity contribution in [1.29, 1.82) is 0 Å². The van der Waals surface area contributed by atoms with Crippen LogP contribution < -0.4 is 10.5 Å². The smallest absolute Gasteiger partial charge is 0.152 e. The number of hydrogen-bond donors (Lipinski definition) is 1. The summed E-state index contributed by atoms with van der Waals surface area (Å²) in [5.74, 6) is 0.622. The molecule has 0 amide bonds. The van der Waals surface area contributed by atoms with Gasteiger partial charge >= 0.3 is 0 Å². The number of nitrogens with two attached hydrogens (primary N) is 1. The van der Waals surface area contributed by atoms with Gasteiger partial charge in [0.15, 0.2) is 5.82 Å². The number of nitrogens with zero attached hydrogens (tertiary/aromatic N) is 1. The molecule has 0 radical (unpaired) electrons. The zero-order chi connectivity index (χ0) is 14.7. The van der Waals surface area contributed by atoms with Crippen LogP contribution in [0.25, 0.3) is 0 Å². The molecule has 104 valence electrons. The normalized spacial score (nSPS) is 11.0. The Hall–Kier alpha value is -2.36. The van der Waals surface area contributed by atoms with E-state index in [1.54, 1.807) is 19.2 Å². The summed E-state index contributed by atoms with van der Waals surface area (Å²) in [5.41, 5.74) is 7.92. The van der Waals surface area contributed by atoms with Gasteiger partial charge in [0, 0.05) is 17.8 Å². The predicted octanol–water partition coefficient (Wildman–Crippen LogP) is 4.54. The molecule has 2 aromatic rings. The van der Waals surface area contributed by atoms with Crippen molar-refractivity contribution in [3.63, 3.8) is 0 Å². The van der Waals surface area contributed by atoms with Crippen LogP contribution in [-0.2, 0) is 0 Å². The first-order chi connectivity index (χ1) is 9.52. The summed E-state index contributed by atoms with van der Waals surface area (Å²) in [6.07, 6.45) is 1.72. The summed E-state index contributed by atoms with van der Waals surface area (Å²) in [4.78, 5) is 4.26. The summed E-state index contributed by atoms with van der Waals surface area (Å²) >= 11 is 0. The Morgan fingerprint density at radius 3 is 2.65 bits per heavy atom. The zero-order valence-corrected chi connectivity index (χ0v) is 11.8. The molecule has 0 aliphatic heterocycles. The largest absolute Gasteiger partial charge is 0.457 e. The maximum Gasteiger partial charge on any atom is 0.152 e. The van der Waals surface area contributed by atoms with Gasteiger partial charge in [-0.15, -0.1) is 0 Å². The molecule has 0 fully saturated rings. The van der Waals surface area contributed by atoms with Gasteiger partial charge in [0.1, 0.15) is 11.5 Å². The van der Waals surface area contributed by atoms with Gasteiger partial charge in [0.2, 0.25) is 0 Å². The summed E-state index contributed by atoms with van der Waals surface area (Å²) in [6.45, 7) is 5.47. The van der Waals surface area contributed by atoms with E-state index in [-0.39, 0.29) is 5.69 Å². The lowest BCUT2D eigenvalue weighted by Gasteiger charge is -2.11. The predicted molar refractivity (Wildman–Crippen MR) is 80.6 cm³/mol. The molecule has 0 heterocycles. The van der Waals surface area contributed by atoms with Crippen LogP contribution in [0.5, 0.6) is 11.5 Å². The maximum atomic E-state index is 13.7. The van der Waals surface area contributed by atoms with E-state index >= 15 is 0 Å². The van der Waals surface area contributed by atoms with Crippen molar-refractivity contribution >= 4 is 17.6 Å². The van der Waals surface area contributed by atoms with Crippen LogP contribution in [0.2, 0.25) is 0 Å². The molecule has 2 N–H and O–H groups in total. The van der Waals surface area contributed by atoms with Crippen molar-refractivity contribution in [2.24, 2.45) is 4.99 Å². The van der Waals surface area contributed by atoms with Gasteiger partial charge in [-0.2, -0.15) is 0 Å². The molecule has 20 heavy (non-hydrogen) atoms. The Labute approximate surface area is 117 Å².